The Kier molecular flexibility index (Phi) is 6.99. The van der Waals surface area contributed by atoms with Crippen LogP contribution in [0.1, 0.15) is 5.56 Å². The average molecular weight is 445 g/mol. The van der Waals surface area contributed by atoms with Crippen molar-refractivity contribution in [3.63, 3.8) is 0 Å². The van der Waals surface area contributed by atoms with Crippen LogP contribution in [0, 0.1) is 0 Å². The van der Waals surface area contributed by atoms with Crippen molar-refractivity contribution in [1.82, 2.24) is 4.98 Å². The number of hydrogen-bond acceptors (Lipinski definition) is 7. The summed E-state index contributed by atoms with van der Waals surface area (Å²) >= 11 is 1.32. The first kappa shape index (κ1) is 21.7. The molecule has 1 heterocycles. The van der Waals surface area contributed by atoms with Gasteiger partial charge in [0.2, 0.25) is 5.91 Å². The van der Waals surface area contributed by atoms with Crippen LogP contribution < -0.4 is 10.1 Å². The molecule has 0 aliphatic heterocycles. The number of thiazole rings is 1. The number of aliphatic hydroxyl groups excluding tert-OH is 1. The zero-order valence-corrected chi connectivity index (χ0v) is 17.7. The molecule has 3 rings (SSSR count). The minimum atomic E-state index is -3.49. The van der Waals surface area contributed by atoms with E-state index in [1.54, 1.807) is 25.3 Å². The number of sulfone groups is 1. The van der Waals surface area contributed by atoms with Gasteiger partial charge in [-0.05, 0) is 48.0 Å². The molecular formula is C21H20N2O5S2. The van der Waals surface area contributed by atoms with Gasteiger partial charge in [-0.25, -0.2) is 13.4 Å². The largest absolute Gasteiger partial charge is 0.497 e. The third-order valence-corrected chi connectivity index (χ3v) is 6.61. The number of amides is 1. The molecule has 156 valence electrons. The molecule has 2 aromatic carbocycles. The van der Waals surface area contributed by atoms with Gasteiger partial charge in [0.05, 0.1) is 30.1 Å². The van der Waals surface area contributed by atoms with E-state index in [9.17, 15) is 13.2 Å². The van der Waals surface area contributed by atoms with Crippen LogP contribution in [-0.2, 0) is 14.6 Å². The molecule has 0 fully saturated rings. The first-order chi connectivity index (χ1) is 14.4. The molecule has 2 N–H and O–H groups in total. The number of ether oxygens (including phenoxy) is 1. The summed E-state index contributed by atoms with van der Waals surface area (Å²) in [4.78, 5) is 16.7. The number of nitrogens with one attached hydrogen (secondary N) is 1. The topological polar surface area (TPSA) is 106 Å². The summed E-state index contributed by atoms with van der Waals surface area (Å²) < 4.78 is 28.9. The Hall–Kier alpha value is -3.01. The van der Waals surface area contributed by atoms with Crippen LogP contribution in [0.2, 0.25) is 0 Å². The summed E-state index contributed by atoms with van der Waals surface area (Å²) in [6.45, 7) is -0.429. The number of carbonyl (C=O) groups is 1. The standard InChI is InChI=1S/C21H20N2O5S2/c1-28-17-7-5-16(6-8-17)19-14-29-21(22-19)23-20(25)11-4-15-2-9-18(10-3-15)30(26,27)13-12-24/h2-11,14,24H,12-13H2,1H3,(H,22,23,25). The van der Waals surface area contributed by atoms with Crippen molar-refractivity contribution >= 4 is 38.3 Å². The van der Waals surface area contributed by atoms with E-state index in [1.165, 1.54) is 29.5 Å². The average Bonchev–Trinajstić information content (AvgIpc) is 3.21. The third-order valence-electron chi connectivity index (χ3n) is 4.15. The molecule has 0 aliphatic carbocycles. The van der Waals surface area contributed by atoms with E-state index < -0.39 is 16.4 Å². The molecule has 0 saturated heterocycles. The Labute approximate surface area is 178 Å². The summed E-state index contributed by atoms with van der Waals surface area (Å²) in [7, 11) is -1.89. The fourth-order valence-corrected chi connectivity index (χ4v) is 4.32. The molecule has 0 saturated carbocycles. The molecular weight excluding hydrogens is 424 g/mol. The number of aliphatic hydroxyl groups is 1. The van der Waals surface area contributed by atoms with Crippen molar-refractivity contribution in [3.05, 3.63) is 65.6 Å². The Bertz CT molecular complexity index is 1130. The molecule has 0 spiro atoms. The van der Waals surface area contributed by atoms with Crippen LogP contribution in [0.5, 0.6) is 5.75 Å². The highest BCUT2D eigenvalue weighted by molar-refractivity contribution is 7.91. The van der Waals surface area contributed by atoms with Gasteiger partial charge in [0.1, 0.15) is 5.75 Å². The van der Waals surface area contributed by atoms with Crippen LogP contribution in [0.15, 0.2) is 64.9 Å². The number of aromatic nitrogens is 1. The summed E-state index contributed by atoms with van der Waals surface area (Å²) in [5.74, 6) is 0.0889. The predicted octanol–water partition coefficient (Wildman–Crippen LogP) is 3.24. The highest BCUT2D eigenvalue weighted by atomic mass is 32.2. The van der Waals surface area contributed by atoms with Crippen molar-refractivity contribution in [2.75, 3.05) is 24.8 Å². The quantitative estimate of drug-likeness (QED) is 0.517. The summed E-state index contributed by atoms with van der Waals surface area (Å²) in [5.41, 5.74) is 2.34. The number of benzene rings is 2. The fraction of sp³-hybridized carbons (Fsp3) is 0.143. The van der Waals surface area contributed by atoms with Gasteiger partial charge in [0.25, 0.3) is 0 Å². The number of nitrogens with zero attached hydrogens (tertiary/aromatic N) is 1. The van der Waals surface area contributed by atoms with Gasteiger partial charge in [-0.1, -0.05) is 12.1 Å². The van der Waals surface area contributed by atoms with Crippen LogP contribution in [0.4, 0.5) is 5.13 Å². The summed E-state index contributed by atoms with van der Waals surface area (Å²) in [6.07, 6.45) is 2.93. The molecule has 1 aromatic heterocycles. The van der Waals surface area contributed by atoms with E-state index in [0.29, 0.717) is 10.7 Å². The third kappa shape index (κ3) is 5.53. The fourth-order valence-electron chi connectivity index (χ4n) is 2.57. The second-order valence-electron chi connectivity index (χ2n) is 6.20. The molecule has 0 bridgehead atoms. The molecule has 9 heteroatoms. The van der Waals surface area contributed by atoms with Crippen molar-refractivity contribution in [2.24, 2.45) is 0 Å². The summed E-state index contributed by atoms with van der Waals surface area (Å²) in [6, 6.07) is 13.6. The number of methoxy groups -OCH3 is 1. The van der Waals surface area contributed by atoms with Crippen LogP contribution in [-0.4, -0.2) is 43.9 Å². The summed E-state index contributed by atoms with van der Waals surface area (Å²) in [5, 5.41) is 13.9. The molecule has 0 unspecified atom stereocenters. The van der Waals surface area contributed by atoms with Crippen molar-refractivity contribution in [1.29, 1.82) is 0 Å². The van der Waals surface area contributed by atoms with Gasteiger partial charge in [-0.15, -0.1) is 11.3 Å². The van der Waals surface area contributed by atoms with E-state index in [-0.39, 0.29) is 16.6 Å². The van der Waals surface area contributed by atoms with Gasteiger partial charge < -0.3 is 9.84 Å². The van der Waals surface area contributed by atoms with E-state index in [1.807, 2.05) is 29.6 Å². The number of anilines is 1. The van der Waals surface area contributed by atoms with Gasteiger partial charge >= 0.3 is 0 Å². The minimum Gasteiger partial charge on any atom is -0.497 e. The SMILES string of the molecule is COc1ccc(-c2csc(NC(=O)C=Cc3ccc(S(=O)(=O)CCO)cc3)n2)cc1. The Balaban J connectivity index is 1.61. The van der Waals surface area contributed by atoms with Crippen LogP contribution in [0.3, 0.4) is 0 Å². The van der Waals surface area contributed by atoms with Gasteiger partial charge in [0, 0.05) is 17.0 Å². The maximum Gasteiger partial charge on any atom is 0.250 e. The van der Waals surface area contributed by atoms with Gasteiger partial charge in [0.15, 0.2) is 15.0 Å². The van der Waals surface area contributed by atoms with Gasteiger partial charge in [-0.3, -0.25) is 10.1 Å². The van der Waals surface area contributed by atoms with Crippen molar-refractivity contribution in [2.45, 2.75) is 4.90 Å². The zero-order valence-electron chi connectivity index (χ0n) is 16.1. The second-order valence-corrected chi connectivity index (χ2v) is 9.17. The molecule has 1 amide bonds. The molecule has 0 aliphatic rings. The van der Waals surface area contributed by atoms with E-state index in [4.69, 9.17) is 9.84 Å². The molecule has 7 nitrogen and oxygen atoms in total. The smallest absolute Gasteiger partial charge is 0.250 e. The number of rotatable bonds is 8. The zero-order chi connectivity index (χ0) is 21.6. The predicted molar refractivity (Wildman–Crippen MR) is 117 cm³/mol. The molecule has 30 heavy (non-hydrogen) atoms. The lowest BCUT2D eigenvalue weighted by molar-refractivity contribution is -0.111. The Morgan fingerprint density at radius 3 is 2.50 bits per heavy atom. The number of carbonyl (C=O) groups excluding carboxylic acids is 1. The van der Waals surface area contributed by atoms with E-state index in [0.717, 1.165) is 17.0 Å². The lowest BCUT2D eigenvalue weighted by atomic mass is 10.2. The van der Waals surface area contributed by atoms with Crippen molar-refractivity contribution < 1.29 is 23.1 Å². The maximum atomic E-state index is 12.2. The lowest BCUT2D eigenvalue weighted by Crippen LogP contribution is -2.09. The minimum absolute atomic E-state index is 0.131. The molecule has 0 radical (unpaired) electrons. The first-order valence-corrected chi connectivity index (χ1v) is 11.5. The van der Waals surface area contributed by atoms with Crippen LogP contribution in [0.25, 0.3) is 17.3 Å². The van der Waals surface area contributed by atoms with Gasteiger partial charge in [-0.2, -0.15) is 0 Å². The normalized spacial score (nSPS) is 11.5. The second kappa shape index (κ2) is 9.66. The first-order valence-electron chi connectivity index (χ1n) is 8.94. The Morgan fingerprint density at radius 2 is 1.87 bits per heavy atom. The molecule has 0 atom stereocenters. The lowest BCUT2D eigenvalue weighted by Gasteiger charge is -2.02. The van der Waals surface area contributed by atoms with E-state index in [2.05, 4.69) is 10.3 Å². The van der Waals surface area contributed by atoms with Crippen molar-refractivity contribution in [3.8, 4) is 17.0 Å². The van der Waals surface area contributed by atoms with E-state index >= 15 is 0 Å². The monoisotopic (exact) mass is 444 g/mol. The number of hydrogen-bond donors (Lipinski definition) is 2. The highest BCUT2D eigenvalue weighted by Gasteiger charge is 2.13. The molecule has 3 aromatic rings. The Morgan fingerprint density at radius 1 is 1.17 bits per heavy atom. The van der Waals surface area contributed by atoms with Crippen LogP contribution >= 0.6 is 11.3 Å². The maximum absolute atomic E-state index is 12.2. The highest BCUT2D eigenvalue weighted by Crippen LogP contribution is 2.26.